The summed E-state index contributed by atoms with van der Waals surface area (Å²) in [4.78, 5) is 5.02. The third-order valence-electron chi connectivity index (χ3n) is 5.24. The van der Waals surface area contributed by atoms with Gasteiger partial charge in [0.1, 0.15) is 23.2 Å². The Balaban J connectivity index is 2.01. The van der Waals surface area contributed by atoms with Crippen molar-refractivity contribution < 1.29 is 9.47 Å². The number of rotatable bonds is 3. The predicted octanol–water partition coefficient (Wildman–Crippen LogP) is 5.20. The molecule has 0 saturated heterocycles. The van der Waals surface area contributed by atoms with Gasteiger partial charge < -0.3 is 9.47 Å². The molecule has 0 bridgehead atoms. The minimum absolute atomic E-state index is 0.614. The van der Waals surface area contributed by atoms with Crippen LogP contribution < -0.4 is 9.47 Å². The van der Waals surface area contributed by atoms with Crippen LogP contribution in [-0.4, -0.2) is 23.6 Å². The monoisotopic (exact) mass is 379 g/mol. The topological polar surface area (TPSA) is 59.5 Å². The van der Waals surface area contributed by atoms with Crippen LogP contribution in [0.25, 0.3) is 38.6 Å². The fraction of sp³-hybridized carbons (Fsp3) is 0.0833. The molecule has 0 radical (unpaired) electrons. The summed E-state index contributed by atoms with van der Waals surface area (Å²) in [5.41, 5.74) is 3.98. The van der Waals surface area contributed by atoms with Crippen LogP contribution in [0.4, 0.5) is 0 Å². The van der Waals surface area contributed by atoms with Gasteiger partial charge in [0.05, 0.1) is 31.0 Å². The Bertz CT molecular complexity index is 1440. The Labute approximate surface area is 167 Å². The van der Waals surface area contributed by atoms with E-state index in [2.05, 4.69) is 6.07 Å². The zero-order valence-corrected chi connectivity index (χ0v) is 16.0. The van der Waals surface area contributed by atoms with Crippen LogP contribution in [-0.2, 0) is 0 Å². The standard InChI is InChI=1S/C24H17N3O2/c1-28-16-7-5-6-15(12-16)23-18-10-9-17(29-2)13-19(18)22-20(14-25)21-8-3-4-11-27(21)24(22)26-23/h3-13H,1-2H3. The molecule has 0 aliphatic rings. The lowest BCUT2D eigenvalue weighted by molar-refractivity contribution is 0.415. The molecule has 3 aromatic heterocycles. The number of benzene rings is 2. The van der Waals surface area contributed by atoms with Gasteiger partial charge in [-0.05, 0) is 47.9 Å². The number of nitriles is 1. The number of aromatic nitrogens is 2. The summed E-state index contributed by atoms with van der Waals surface area (Å²) in [7, 11) is 3.29. The number of fused-ring (bicyclic) bond motifs is 5. The van der Waals surface area contributed by atoms with Gasteiger partial charge in [-0.3, -0.25) is 4.40 Å². The summed E-state index contributed by atoms with van der Waals surface area (Å²) in [5.74, 6) is 1.50. The van der Waals surface area contributed by atoms with Crippen molar-refractivity contribution in [2.24, 2.45) is 0 Å². The predicted molar refractivity (Wildman–Crippen MR) is 113 cm³/mol. The number of hydrogen-bond donors (Lipinski definition) is 0. The van der Waals surface area contributed by atoms with Crippen molar-refractivity contribution in [3.05, 3.63) is 72.4 Å². The van der Waals surface area contributed by atoms with Gasteiger partial charge in [0.2, 0.25) is 0 Å². The molecule has 2 aromatic carbocycles. The van der Waals surface area contributed by atoms with E-state index in [-0.39, 0.29) is 0 Å². The van der Waals surface area contributed by atoms with Crippen LogP contribution in [0, 0.1) is 11.3 Å². The Hall–Kier alpha value is -4.04. The number of nitrogens with zero attached hydrogens (tertiary/aromatic N) is 3. The van der Waals surface area contributed by atoms with Crippen molar-refractivity contribution in [2.45, 2.75) is 0 Å². The highest BCUT2D eigenvalue weighted by Crippen LogP contribution is 2.38. The smallest absolute Gasteiger partial charge is 0.147 e. The van der Waals surface area contributed by atoms with Crippen molar-refractivity contribution in [2.75, 3.05) is 14.2 Å². The van der Waals surface area contributed by atoms with E-state index >= 15 is 0 Å². The average molecular weight is 379 g/mol. The second-order valence-corrected chi connectivity index (χ2v) is 6.75. The van der Waals surface area contributed by atoms with Crippen molar-refractivity contribution >= 4 is 27.3 Å². The van der Waals surface area contributed by atoms with Crippen molar-refractivity contribution in [1.82, 2.24) is 9.38 Å². The molecule has 0 aliphatic heterocycles. The molecule has 0 amide bonds. The molecular formula is C24H17N3O2. The van der Waals surface area contributed by atoms with E-state index in [1.807, 2.05) is 71.3 Å². The van der Waals surface area contributed by atoms with Crippen LogP contribution >= 0.6 is 0 Å². The van der Waals surface area contributed by atoms with Gasteiger partial charge in [-0.1, -0.05) is 18.2 Å². The summed E-state index contributed by atoms with van der Waals surface area (Å²) in [6.45, 7) is 0. The van der Waals surface area contributed by atoms with Gasteiger partial charge in [0.15, 0.2) is 0 Å². The molecule has 5 rings (SSSR count). The highest BCUT2D eigenvalue weighted by molar-refractivity contribution is 6.15. The largest absolute Gasteiger partial charge is 0.497 e. The number of pyridine rings is 2. The highest BCUT2D eigenvalue weighted by Gasteiger charge is 2.19. The Kier molecular flexibility index (Phi) is 3.85. The van der Waals surface area contributed by atoms with Crippen LogP contribution in [0.1, 0.15) is 5.56 Å². The molecule has 0 aliphatic carbocycles. The van der Waals surface area contributed by atoms with E-state index in [4.69, 9.17) is 14.5 Å². The van der Waals surface area contributed by atoms with Gasteiger partial charge in [-0.25, -0.2) is 4.98 Å². The van der Waals surface area contributed by atoms with Crippen molar-refractivity contribution in [3.8, 4) is 28.8 Å². The first-order valence-electron chi connectivity index (χ1n) is 9.20. The second-order valence-electron chi connectivity index (χ2n) is 6.75. The summed E-state index contributed by atoms with van der Waals surface area (Å²) in [6.07, 6.45) is 1.94. The minimum atomic E-state index is 0.614. The number of hydrogen-bond acceptors (Lipinski definition) is 4. The second kappa shape index (κ2) is 6.54. The molecule has 140 valence electrons. The fourth-order valence-electron chi connectivity index (χ4n) is 3.89. The van der Waals surface area contributed by atoms with E-state index in [1.165, 1.54) is 0 Å². The lowest BCUT2D eigenvalue weighted by Crippen LogP contribution is -1.93. The van der Waals surface area contributed by atoms with Gasteiger partial charge >= 0.3 is 0 Å². The van der Waals surface area contributed by atoms with E-state index in [0.29, 0.717) is 5.56 Å². The molecule has 5 nitrogen and oxygen atoms in total. The molecule has 5 aromatic rings. The molecule has 0 saturated carbocycles. The number of methoxy groups -OCH3 is 2. The SMILES string of the molecule is COc1cccc(-c2nc3c(c(C#N)c4ccccn43)c3cc(OC)ccc23)c1. The molecule has 29 heavy (non-hydrogen) atoms. The molecule has 3 heterocycles. The van der Waals surface area contributed by atoms with Crippen molar-refractivity contribution in [1.29, 1.82) is 5.26 Å². The lowest BCUT2D eigenvalue weighted by Gasteiger charge is -2.11. The first kappa shape index (κ1) is 17.1. The Morgan fingerprint density at radius 1 is 0.897 bits per heavy atom. The molecule has 5 heteroatoms. The number of ether oxygens (including phenoxy) is 2. The summed E-state index contributed by atoms with van der Waals surface area (Å²) in [5, 5.41) is 12.7. The van der Waals surface area contributed by atoms with Crippen LogP contribution in [0.15, 0.2) is 66.9 Å². The van der Waals surface area contributed by atoms with Crippen LogP contribution in [0.2, 0.25) is 0 Å². The normalized spacial score (nSPS) is 11.1. The molecule has 0 spiro atoms. The summed E-state index contributed by atoms with van der Waals surface area (Å²) >= 11 is 0. The molecular weight excluding hydrogens is 362 g/mol. The highest BCUT2D eigenvalue weighted by atomic mass is 16.5. The average Bonchev–Trinajstić information content (AvgIpc) is 3.12. The van der Waals surface area contributed by atoms with E-state index < -0.39 is 0 Å². The first-order valence-corrected chi connectivity index (χ1v) is 9.20. The zero-order chi connectivity index (χ0) is 20.0. The molecule has 0 fully saturated rings. The maximum Gasteiger partial charge on any atom is 0.147 e. The molecule has 0 unspecified atom stereocenters. The van der Waals surface area contributed by atoms with Crippen LogP contribution in [0.3, 0.4) is 0 Å². The Morgan fingerprint density at radius 2 is 1.72 bits per heavy atom. The van der Waals surface area contributed by atoms with Gasteiger partial charge in [0.25, 0.3) is 0 Å². The quantitative estimate of drug-likeness (QED) is 0.432. The molecule has 0 atom stereocenters. The fourth-order valence-corrected chi connectivity index (χ4v) is 3.89. The van der Waals surface area contributed by atoms with Gasteiger partial charge in [-0.15, -0.1) is 0 Å². The third kappa shape index (κ3) is 2.50. The third-order valence-corrected chi connectivity index (χ3v) is 5.24. The minimum Gasteiger partial charge on any atom is -0.497 e. The van der Waals surface area contributed by atoms with Crippen molar-refractivity contribution in [3.63, 3.8) is 0 Å². The summed E-state index contributed by atoms with van der Waals surface area (Å²) in [6, 6.07) is 21.9. The lowest BCUT2D eigenvalue weighted by atomic mass is 10.00. The first-order chi connectivity index (χ1) is 14.2. The summed E-state index contributed by atoms with van der Waals surface area (Å²) < 4.78 is 12.8. The molecule has 0 N–H and O–H groups in total. The Morgan fingerprint density at radius 3 is 2.52 bits per heavy atom. The van der Waals surface area contributed by atoms with Crippen LogP contribution in [0.5, 0.6) is 11.5 Å². The maximum atomic E-state index is 9.92. The van der Waals surface area contributed by atoms with E-state index in [1.54, 1.807) is 14.2 Å². The maximum absolute atomic E-state index is 9.92. The van der Waals surface area contributed by atoms with Gasteiger partial charge in [0, 0.05) is 22.5 Å². The van der Waals surface area contributed by atoms with E-state index in [0.717, 1.165) is 50.1 Å². The van der Waals surface area contributed by atoms with E-state index in [9.17, 15) is 5.26 Å². The zero-order valence-electron chi connectivity index (χ0n) is 16.0. The van der Waals surface area contributed by atoms with Gasteiger partial charge in [-0.2, -0.15) is 5.26 Å².